The molecule has 1 aliphatic rings. The SMILES string of the molecule is O=C(NCc1ccccc1Cl)C1Cc2nc[nH]c2CN1. The number of aromatic amines is 1. The van der Waals surface area contributed by atoms with E-state index in [1.54, 1.807) is 6.33 Å². The van der Waals surface area contributed by atoms with E-state index in [2.05, 4.69) is 20.6 Å². The van der Waals surface area contributed by atoms with E-state index in [9.17, 15) is 4.79 Å². The number of halogens is 1. The summed E-state index contributed by atoms with van der Waals surface area (Å²) in [5, 5.41) is 6.77. The molecule has 6 heteroatoms. The highest BCUT2D eigenvalue weighted by Gasteiger charge is 2.25. The maximum Gasteiger partial charge on any atom is 0.237 e. The molecule has 1 atom stereocenters. The quantitative estimate of drug-likeness (QED) is 0.800. The molecule has 1 unspecified atom stereocenters. The number of carbonyl (C=O) groups is 1. The maximum absolute atomic E-state index is 12.2. The van der Waals surface area contributed by atoms with Gasteiger partial charge < -0.3 is 10.3 Å². The first kappa shape index (κ1) is 13.1. The third kappa shape index (κ3) is 2.69. The minimum Gasteiger partial charge on any atom is -0.351 e. The van der Waals surface area contributed by atoms with Crippen molar-refractivity contribution in [2.45, 2.75) is 25.6 Å². The van der Waals surface area contributed by atoms with Crippen molar-refractivity contribution in [2.24, 2.45) is 0 Å². The lowest BCUT2D eigenvalue weighted by molar-refractivity contribution is -0.123. The molecular formula is C14H15ClN4O. The molecule has 5 nitrogen and oxygen atoms in total. The van der Waals surface area contributed by atoms with Gasteiger partial charge in [0.15, 0.2) is 0 Å². The molecule has 0 saturated carbocycles. The van der Waals surface area contributed by atoms with Crippen LogP contribution in [0.15, 0.2) is 30.6 Å². The van der Waals surface area contributed by atoms with Crippen molar-refractivity contribution in [3.05, 3.63) is 52.6 Å². The molecule has 1 aromatic carbocycles. The smallest absolute Gasteiger partial charge is 0.237 e. The second kappa shape index (κ2) is 5.64. The largest absolute Gasteiger partial charge is 0.351 e. The van der Waals surface area contributed by atoms with Gasteiger partial charge in [-0.25, -0.2) is 4.98 Å². The lowest BCUT2D eigenvalue weighted by Crippen LogP contribution is -2.47. The first-order valence-corrected chi connectivity index (χ1v) is 6.87. The van der Waals surface area contributed by atoms with Gasteiger partial charge in [-0.15, -0.1) is 0 Å². The number of hydrogen-bond acceptors (Lipinski definition) is 3. The van der Waals surface area contributed by atoms with Crippen LogP contribution < -0.4 is 10.6 Å². The Bertz CT molecular complexity index is 625. The van der Waals surface area contributed by atoms with Crippen molar-refractivity contribution >= 4 is 17.5 Å². The molecule has 3 rings (SSSR count). The molecule has 0 spiro atoms. The summed E-state index contributed by atoms with van der Waals surface area (Å²) in [6.45, 7) is 1.07. The molecule has 2 aromatic rings. The summed E-state index contributed by atoms with van der Waals surface area (Å²) in [4.78, 5) is 19.4. The summed E-state index contributed by atoms with van der Waals surface area (Å²) in [5.74, 6) is -0.0291. The number of nitrogens with one attached hydrogen (secondary N) is 3. The van der Waals surface area contributed by atoms with Gasteiger partial charge >= 0.3 is 0 Å². The molecule has 20 heavy (non-hydrogen) atoms. The molecule has 1 amide bonds. The lowest BCUT2D eigenvalue weighted by Gasteiger charge is -2.22. The number of nitrogens with zero attached hydrogens (tertiary/aromatic N) is 1. The van der Waals surface area contributed by atoms with Crippen LogP contribution >= 0.6 is 11.6 Å². The number of aromatic nitrogens is 2. The molecule has 0 bridgehead atoms. The molecule has 0 radical (unpaired) electrons. The highest BCUT2D eigenvalue weighted by molar-refractivity contribution is 6.31. The van der Waals surface area contributed by atoms with E-state index in [4.69, 9.17) is 11.6 Å². The van der Waals surface area contributed by atoms with E-state index < -0.39 is 0 Å². The van der Waals surface area contributed by atoms with E-state index in [0.717, 1.165) is 17.0 Å². The van der Waals surface area contributed by atoms with Gasteiger partial charge in [0.25, 0.3) is 0 Å². The standard InChI is InChI=1S/C14H15ClN4O/c15-10-4-2-1-3-9(10)6-17-14(20)12-5-11-13(7-16-12)19-8-18-11/h1-4,8,12,16H,5-7H2,(H,17,20)(H,18,19). The van der Waals surface area contributed by atoms with Crippen LogP contribution in [0, 0.1) is 0 Å². The Hall–Kier alpha value is -1.85. The number of hydrogen-bond donors (Lipinski definition) is 3. The number of H-pyrrole nitrogens is 1. The van der Waals surface area contributed by atoms with E-state index in [0.29, 0.717) is 24.5 Å². The van der Waals surface area contributed by atoms with Gasteiger partial charge in [0.1, 0.15) is 0 Å². The van der Waals surface area contributed by atoms with E-state index in [1.165, 1.54) is 0 Å². The Morgan fingerprint density at radius 1 is 1.45 bits per heavy atom. The monoisotopic (exact) mass is 290 g/mol. The Morgan fingerprint density at radius 2 is 2.30 bits per heavy atom. The highest BCUT2D eigenvalue weighted by atomic mass is 35.5. The van der Waals surface area contributed by atoms with Crippen LogP contribution in [0.5, 0.6) is 0 Å². The van der Waals surface area contributed by atoms with Crippen LogP contribution in [0.3, 0.4) is 0 Å². The van der Waals surface area contributed by atoms with Gasteiger partial charge in [-0.2, -0.15) is 0 Å². The van der Waals surface area contributed by atoms with Crippen molar-refractivity contribution in [3.8, 4) is 0 Å². The van der Waals surface area contributed by atoms with Gasteiger partial charge in [-0.05, 0) is 11.6 Å². The van der Waals surface area contributed by atoms with Crippen molar-refractivity contribution in [3.63, 3.8) is 0 Å². The van der Waals surface area contributed by atoms with Crippen LogP contribution in [0.4, 0.5) is 0 Å². The Morgan fingerprint density at radius 3 is 3.15 bits per heavy atom. The van der Waals surface area contributed by atoms with Crippen LogP contribution in [-0.4, -0.2) is 21.9 Å². The molecule has 0 saturated heterocycles. The van der Waals surface area contributed by atoms with Gasteiger partial charge in [0, 0.05) is 24.5 Å². The Labute approximate surface area is 121 Å². The third-order valence-corrected chi connectivity index (χ3v) is 3.83. The van der Waals surface area contributed by atoms with Crippen LogP contribution in [0.25, 0.3) is 0 Å². The molecule has 3 N–H and O–H groups in total. The predicted molar refractivity (Wildman–Crippen MR) is 76.2 cm³/mol. The zero-order valence-electron chi connectivity index (χ0n) is 10.8. The topological polar surface area (TPSA) is 69.8 Å². The second-order valence-electron chi connectivity index (χ2n) is 4.77. The van der Waals surface area contributed by atoms with E-state index in [-0.39, 0.29) is 11.9 Å². The Balaban J connectivity index is 1.59. The van der Waals surface area contributed by atoms with E-state index >= 15 is 0 Å². The predicted octanol–water partition coefficient (Wildman–Crippen LogP) is 1.39. The average Bonchev–Trinajstić information content (AvgIpc) is 2.93. The van der Waals surface area contributed by atoms with Gasteiger partial charge in [0.05, 0.1) is 23.8 Å². The molecule has 0 aliphatic carbocycles. The lowest BCUT2D eigenvalue weighted by atomic mass is 10.0. The van der Waals surface area contributed by atoms with Crippen molar-refractivity contribution in [2.75, 3.05) is 0 Å². The fraction of sp³-hybridized carbons (Fsp3) is 0.286. The minimum atomic E-state index is -0.242. The summed E-state index contributed by atoms with van der Waals surface area (Å²) in [6.07, 6.45) is 2.27. The Kier molecular flexibility index (Phi) is 3.71. The zero-order valence-corrected chi connectivity index (χ0v) is 11.6. The summed E-state index contributed by atoms with van der Waals surface area (Å²) >= 11 is 6.06. The second-order valence-corrected chi connectivity index (χ2v) is 5.18. The zero-order chi connectivity index (χ0) is 13.9. The number of imidazole rings is 1. The summed E-state index contributed by atoms with van der Waals surface area (Å²) in [5.41, 5.74) is 2.93. The van der Waals surface area contributed by atoms with Crippen molar-refractivity contribution in [1.82, 2.24) is 20.6 Å². The fourth-order valence-electron chi connectivity index (χ4n) is 2.30. The molecule has 1 aromatic heterocycles. The third-order valence-electron chi connectivity index (χ3n) is 3.46. The summed E-state index contributed by atoms with van der Waals surface area (Å²) in [7, 11) is 0. The van der Waals surface area contributed by atoms with Crippen LogP contribution in [-0.2, 0) is 24.3 Å². The highest BCUT2D eigenvalue weighted by Crippen LogP contribution is 2.15. The van der Waals surface area contributed by atoms with Crippen LogP contribution in [0.2, 0.25) is 5.02 Å². The average molecular weight is 291 g/mol. The fourth-order valence-corrected chi connectivity index (χ4v) is 2.50. The maximum atomic E-state index is 12.2. The number of fused-ring (bicyclic) bond motifs is 1. The molecular weight excluding hydrogens is 276 g/mol. The molecule has 104 valence electrons. The van der Waals surface area contributed by atoms with Crippen LogP contribution in [0.1, 0.15) is 17.0 Å². The molecule has 1 aliphatic heterocycles. The summed E-state index contributed by atoms with van der Waals surface area (Å²) in [6, 6.07) is 7.26. The molecule has 0 fully saturated rings. The first-order chi connectivity index (χ1) is 9.74. The van der Waals surface area contributed by atoms with Gasteiger partial charge in [-0.3, -0.25) is 10.1 Å². The minimum absolute atomic E-state index is 0.0291. The summed E-state index contributed by atoms with van der Waals surface area (Å²) < 4.78 is 0. The number of rotatable bonds is 3. The van der Waals surface area contributed by atoms with Crippen molar-refractivity contribution < 1.29 is 4.79 Å². The van der Waals surface area contributed by atoms with Crippen molar-refractivity contribution in [1.29, 1.82) is 0 Å². The number of amides is 1. The number of carbonyl (C=O) groups excluding carboxylic acids is 1. The molecule has 2 heterocycles. The van der Waals surface area contributed by atoms with Gasteiger partial charge in [0.2, 0.25) is 5.91 Å². The number of benzene rings is 1. The first-order valence-electron chi connectivity index (χ1n) is 6.49. The van der Waals surface area contributed by atoms with Gasteiger partial charge in [-0.1, -0.05) is 29.8 Å². The normalized spacial score (nSPS) is 17.6. The van der Waals surface area contributed by atoms with E-state index in [1.807, 2.05) is 24.3 Å².